The van der Waals surface area contributed by atoms with Crippen molar-refractivity contribution in [1.82, 2.24) is 15.1 Å². The number of ether oxygens (including phenoxy) is 3. The average molecular weight is 758 g/mol. The third kappa shape index (κ3) is 9.28. The highest BCUT2D eigenvalue weighted by molar-refractivity contribution is 6.06. The van der Waals surface area contributed by atoms with Crippen molar-refractivity contribution in [3.05, 3.63) is 144 Å². The minimum Gasteiger partial charge on any atom is -0.445 e. The summed E-state index contributed by atoms with van der Waals surface area (Å²) in [7, 11) is 0. The molecule has 2 N–H and O–H groups in total. The van der Waals surface area contributed by atoms with Crippen molar-refractivity contribution < 1.29 is 33.7 Å². The molecular formula is C46H51N3O7. The predicted molar refractivity (Wildman–Crippen MR) is 213 cm³/mol. The second-order valence-electron chi connectivity index (χ2n) is 15.1. The quantitative estimate of drug-likeness (QED) is 0.0997. The summed E-state index contributed by atoms with van der Waals surface area (Å²) < 4.78 is 18.9. The molecule has 292 valence electrons. The van der Waals surface area contributed by atoms with Crippen molar-refractivity contribution in [2.24, 2.45) is 5.92 Å². The molecule has 1 saturated carbocycles. The van der Waals surface area contributed by atoms with Crippen LogP contribution in [0.25, 0.3) is 11.1 Å². The summed E-state index contributed by atoms with van der Waals surface area (Å²) in [4.78, 5) is 42.4. The molecule has 4 aromatic carbocycles. The summed E-state index contributed by atoms with van der Waals surface area (Å²) in [6.45, 7) is 7.94. The third-order valence-electron chi connectivity index (χ3n) is 11.3. The number of carbonyl (C=O) groups excluding carboxylic acids is 3. The summed E-state index contributed by atoms with van der Waals surface area (Å²) in [5, 5.41) is 12.2. The van der Waals surface area contributed by atoms with E-state index in [4.69, 9.17) is 14.2 Å². The molecular weight excluding hydrogens is 707 g/mol. The Labute approximate surface area is 329 Å². The number of nitrogens with zero attached hydrogens (tertiary/aromatic N) is 2. The van der Waals surface area contributed by atoms with Crippen molar-refractivity contribution in [2.75, 3.05) is 13.1 Å². The minimum atomic E-state index is -0.980. The van der Waals surface area contributed by atoms with E-state index in [1.165, 1.54) is 30.6 Å². The fourth-order valence-corrected chi connectivity index (χ4v) is 8.13. The Morgan fingerprint density at radius 2 is 1.61 bits per heavy atom. The van der Waals surface area contributed by atoms with Gasteiger partial charge < -0.3 is 24.6 Å². The first-order chi connectivity index (χ1) is 27.3. The van der Waals surface area contributed by atoms with Crippen LogP contribution in [0.15, 0.2) is 116 Å². The molecule has 7 rings (SSSR count). The van der Waals surface area contributed by atoms with Crippen LogP contribution < -0.4 is 5.32 Å². The molecule has 2 aliphatic heterocycles. The predicted octanol–water partition coefficient (Wildman–Crippen LogP) is 7.62. The van der Waals surface area contributed by atoms with Gasteiger partial charge in [-0.15, -0.1) is 6.58 Å². The monoisotopic (exact) mass is 757 g/mol. The number of amides is 3. The molecule has 3 fully saturated rings. The summed E-state index contributed by atoms with van der Waals surface area (Å²) >= 11 is 0. The molecule has 5 unspecified atom stereocenters. The molecule has 0 aromatic heterocycles. The highest BCUT2D eigenvalue weighted by atomic mass is 16.7. The Balaban J connectivity index is 1.06. The molecule has 3 aliphatic rings. The van der Waals surface area contributed by atoms with E-state index in [0.29, 0.717) is 6.04 Å². The van der Waals surface area contributed by atoms with Gasteiger partial charge in [-0.2, -0.15) is 0 Å². The van der Waals surface area contributed by atoms with Gasteiger partial charge in [0, 0.05) is 30.6 Å². The van der Waals surface area contributed by atoms with Crippen LogP contribution in [0.3, 0.4) is 0 Å². The van der Waals surface area contributed by atoms with Crippen LogP contribution in [-0.4, -0.2) is 64.1 Å². The maximum Gasteiger partial charge on any atom is 0.408 e. The second-order valence-corrected chi connectivity index (χ2v) is 15.1. The first kappa shape index (κ1) is 39.1. The van der Waals surface area contributed by atoms with Crippen molar-refractivity contribution in [3.63, 3.8) is 0 Å². The highest BCUT2D eigenvalue weighted by Crippen LogP contribution is 2.43. The van der Waals surface area contributed by atoms with Crippen LogP contribution >= 0.6 is 0 Å². The van der Waals surface area contributed by atoms with Gasteiger partial charge in [0.1, 0.15) is 12.6 Å². The lowest BCUT2D eigenvalue weighted by Crippen LogP contribution is -2.47. The fourth-order valence-electron chi connectivity index (χ4n) is 8.13. The molecule has 2 saturated heterocycles. The number of rotatable bonds is 14. The summed E-state index contributed by atoms with van der Waals surface area (Å²) in [5.41, 5.74) is 6.23. The number of hydrogen-bond acceptors (Lipinski definition) is 8. The number of nitrogens with one attached hydrogen (secondary N) is 1. The molecule has 0 spiro atoms. The lowest BCUT2D eigenvalue weighted by molar-refractivity contribution is -0.276. The molecule has 3 amide bonds. The number of aliphatic hydroxyl groups is 1. The summed E-state index contributed by atoms with van der Waals surface area (Å²) in [6.07, 6.45) is 5.00. The SMILES string of the molecule is C=CCN(CC1OC(c2cccc(-c3cccc(CN4C(=O)CC(NC(=O)OCc5ccccc5)C4=O)c3)c2)OC(c2ccc(CO)cc2)C1C)C1CCCC1. The Kier molecular flexibility index (Phi) is 12.7. The van der Waals surface area contributed by atoms with Crippen LogP contribution in [0.2, 0.25) is 0 Å². The van der Waals surface area contributed by atoms with E-state index in [-0.39, 0.29) is 50.2 Å². The van der Waals surface area contributed by atoms with Crippen molar-refractivity contribution in [3.8, 4) is 11.1 Å². The number of carbonyl (C=O) groups is 3. The topological polar surface area (TPSA) is 118 Å². The number of aliphatic hydroxyl groups excluding tert-OH is 1. The highest BCUT2D eigenvalue weighted by Gasteiger charge is 2.41. The molecule has 4 aromatic rings. The Bertz CT molecular complexity index is 1980. The normalized spacial score (nSPS) is 22.8. The van der Waals surface area contributed by atoms with Crippen molar-refractivity contribution in [1.29, 1.82) is 0 Å². The smallest absolute Gasteiger partial charge is 0.408 e. The fraction of sp³-hybridized carbons (Fsp3) is 0.370. The van der Waals surface area contributed by atoms with Gasteiger partial charge in [-0.25, -0.2) is 4.79 Å². The molecule has 10 heteroatoms. The van der Waals surface area contributed by atoms with Crippen LogP contribution in [0.5, 0.6) is 0 Å². The summed E-state index contributed by atoms with van der Waals surface area (Å²) in [6, 6.07) is 32.6. The maximum absolute atomic E-state index is 13.3. The standard InChI is InChI=1S/C46H51N3O7/c1-3-23-48(39-17-7-8-18-39)28-41-31(2)43(35-21-19-32(29-50)20-22-35)56-45(55-41)38-16-10-15-37(25-38)36-14-9-13-34(24-36)27-49-42(51)26-40(44(49)52)47-46(53)54-30-33-11-5-4-6-12-33/h3-6,9-16,19-22,24-25,31,39-41,43,45,50H,1,7-8,17-18,23,26-30H2,2H3,(H,47,53). The van der Waals surface area contributed by atoms with Gasteiger partial charge in [-0.05, 0) is 58.4 Å². The largest absolute Gasteiger partial charge is 0.445 e. The average Bonchev–Trinajstić information content (AvgIpc) is 3.86. The van der Waals surface area contributed by atoms with Gasteiger partial charge in [-0.1, -0.05) is 117 Å². The molecule has 56 heavy (non-hydrogen) atoms. The van der Waals surface area contributed by atoms with Gasteiger partial charge in [0.15, 0.2) is 6.29 Å². The first-order valence-corrected chi connectivity index (χ1v) is 19.7. The van der Waals surface area contributed by atoms with Gasteiger partial charge in [0.2, 0.25) is 5.91 Å². The second kappa shape index (κ2) is 18.2. The maximum atomic E-state index is 13.3. The van der Waals surface area contributed by atoms with Gasteiger partial charge >= 0.3 is 6.09 Å². The minimum absolute atomic E-state index is 0.0179. The van der Waals surface area contributed by atoms with Crippen LogP contribution in [0.4, 0.5) is 4.79 Å². The van der Waals surface area contributed by atoms with E-state index < -0.39 is 24.3 Å². The van der Waals surface area contributed by atoms with Crippen LogP contribution in [-0.2, 0) is 43.6 Å². The van der Waals surface area contributed by atoms with E-state index in [9.17, 15) is 19.5 Å². The number of alkyl carbamates (subject to hydrolysis) is 1. The lowest BCUT2D eigenvalue weighted by atomic mass is 9.89. The van der Waals surface area contributed by atoms with Crippen molar-refractivity contribution >= 4 is 17.9 Å². The lowest BCUT2D eigenvalue weighted by Gasteiger charge is -2.43. The number of benzene rings is 4. The number of likely N-dealkylation sites (tertiary alicyclic amines) is 1. The Morgan fingerprint density at radius 3 is 2.34 bits per heavy atom. The van der Waals surface area contributed by atoms with E-state index in [0.717, 1.165) is 52.0 Å². The molecule has 5 atom stereocenters. The number of imide groups is 1. The zero-order chi connectivity index (χ0) is 39.0. The third-order valence-corrected chi connectivity index (χ3v) is 11.3. The van der Waals surface area contributed by atoms with Gasteiger partial charge in [-0.3, -0.25) is 19.4 Å². The van der Waals surface area contributed by atoms with E-state index >= 15 is 0 Å². The van der Waals surface area contributed by atoms with Crippen LogP contribution in [0.1, 0.15) is 79.2 Å². The molecule has 1 aliphatic carbocycles. The Hall–Kier alpha value is -5.13. The van der Waals surface area contributed by atoms with Gasteiger partial charge in [0.05, 0.1) is 31.8 Å². The van der Waals surface area contributed by atoms with E-state index in [1.807, 2.05) is 103 Å². The number of hydrogen-bond donors (Lipinski definition) is 2. The van der Waals surface area contributed by atoms with Crippen molar-refractivity contribution in [2.45, 2.75) is 89.4 Å². The molecule has 10 nitrogen and oxygen atoms in total. The Morgan fingerprint density at radius 1 is 0.893 bits per heavy atom. The zero-order valence-electron chi connectivity index (χ0n) is 31.9. The molecule has 2 heterocycles. The molecule has 0 bridgehead atoms. The summed E-state index contributed by atoms with van der Waals surface area (Å²) in [5.74, 6) is -0.758. The molecule has 0 radical (unpaired) electrons. The van der Waals surface area contributed by atoms with E-state index in [2.05, 4.69) is 29.8 Å². The first-order valence-electron chi connectivity index (χ1n) is 19.7. The van der Waals surface area contributed by atoms with Gasteiger partial charge in [0.25, 0.3) is 5.91 Å². The zero-order valence-corrected chi connectivity index (χ0v) is 31.9. The van der Waals surface area contributed by atoms with Crippen LogP contribution in [0, 0.1) is 5.92 Å². The van der Waals surface area contributed by atoms with E-state index in [1.54, 1.807) is 0 Å².